The number of aromatic nitrogens is 3. The van der Waals surface area contributed by atoms with Crippen molar-refractivity contribution in [2.75, 3.05) is 36.1 Å². The Morgan fingerprint density at radius 1 is 1.23 bits per heavy atom. The molecule has 0 spiro atoms. The molecule has 31 heavy (non-hydrogen) atoms. The molecule has 5 N–H and O–H groups in total. The summed E-state index contributed by atoms with van der Waals surface area (Å²) in [5.41, 5.74) is 14.9. The lowest BCUT2D eigenvalue weighted by Crippen LogP contribution is -2.43. The predicted molar refractivity (Wildman–Crippen MR) is 120 cm³/mol. The van der Waals surface area contributed by atoms with E-state index < -0.39 is 5.91 Å². The highest BCUT2D eigenvalue weighted by Gasteiger charge is 2.22. The number of methoxy groups -OCH3 is 1. The molecule has 0 saturated carbocycles. The number of piperidine rings is 1. The van der Waals surface area contributed by atoms with Crippen molar-refractivity contribution < 1.29 is 9.53 Å². The number of nitrogens with one attached hydrogen (secondary N) is 1. The molecule has 1 atom stereocenters. The number of nitrogens with zero attached hydrogens (tertiary/aromatic N) is 4. The molecule has 1 unspecified atom stereocenters. The number of carbonyl (C=O) groups is 1. The van der Waals surface area contributed by atoms with Crippen molar-refractivity contribution in [3.8, 4) is 17.0 Å². The Morgan fingerprint density at radius 3 is 2.77 bits per heavy atom. The summed E-state index contributed by atoms with van der Waals surface area (Å²) in [5.74, 6) is 0.336. The summed E-state index contributed by atoms with van der Waals surface area (Å²) < 4.78 is 5.18. The van der Waals surface area contributed by atoms with Crippen LogP contribution in [0.2, 0.25) is 0 Å². The molecule has 1 aliphatic rings. The van der Waals surface area contributed by atoms with Crippen LogP contribution in [0.3, 0.4) is 0 Å². The average molecular weight is 419 g/mol. The van der Waals surface area contributed by atoms with E-state index in [2.05, 4.69) is 25.2 Å². The minimum Gasteiger partial charge on any atom is -0.497 e. The van der Waals surface area contributed by atoms with Crippen molar-refractivity contribution >= 4 is 23.1 Å². The molecule has 1 aliphatic heterocycles. The van der Waals surface area contributed by atoms with Gasteiger partial charge in [-0.25, -0.2) is 9.97 Å². The number of rotatable bonds is 5. The van der Waals surface area contributed by atoms with E-state index >= 15 is 0 Å². The van der Waals surface area contributed by atoms with E-state index in [0.29, 0.717) is 11.4 Å². The van der Waals surface area contributed by atoms with Crippen LogP contribution in [0.25, 0.3) is 11.3 Å². The van der Waals surface area contributed by atoms with Gasteiger partial charge in [0.05, 0.1) is 36.6 Å². The van der Waals surface area contributed by atoms with Gasteiger partial charge in [0, 0.05) is 30.9 Å². The lowest BCUT2D eigenvalue weighted by atomic mass is 10.1. The minimum atomic E-state index is -0.448. The highest BCUT2D eigenvalue weighted by atomic mass is 16.5. The van der Waals surface area contributed by atoms with Crippen molar-refractivity contribution in [2.24, 2.45) is 5.73 Å². The largest absolute Gasteiger partial charge is 0.497 e. The maximum absolute atomic E-state index is 13.0. The van der Waals surface area contributed by atoms with Crippen LogP contribution in [0.15, 0.2) is 48.9 Å². The molecule has 2 aromatic heterocycles. The third-order valence-corrected chi connectivity index (χ3v) is 5.25. The summed E-state index contributed by atoms with van der Waals surface area (Å²) in [5, 5.41) is 2.89. The number of carbonyl (C=O) groups excluding carboxylic acids is 1. The van der Waals surface area contributed by atoms with Gasteiger partial charge in [0.25, 0.3) is 5.91 Å². The molecule has 1 amide bonds. The van der Waals surface area contributed by atoms with Crippen LogP contribution in [-0.2, 0) is 0 Å². The van der Waals surface area contributed by atoms with Gasteiger partial charge in [0.2, 0.25) is 0 Å². The standard InChI is InChI=1S/C22H25N7O2/c1-31-16-6-4-14(5-7-16)17-12-26-21(24)20(27-17)22(30)28-18-11-25-9-8-19(18)29-10-2-3-15(23)13-29/h4-9,11-12,15H,2-3,10,13,23H2,1H3,(H2,24,26)(H,28,30). The third kappa shape index (κ3) is 4.56. The number of hydrogen-bond acceptors (Lipinski definition) is 8. The molecule has 0 aliphatic carbocycles. The molecule has 9 nitrogen and oxygen atoms in total. The van der Waals surface area contributed by atoms with Gasteiger partial charge >= 0.3 is 0 Å². The fraction of sp³-hybridized carbons (Fsp3) is 0.273. The first-order valence-electron chi connectivity index (χ1n) is 10.1. The van der Waals surface area contributed by atoms with Gasteiger partial charge < -0.3 is 26.4 Å². The number of hydrogen-bond donors (Lipinski definition) is 3. The number of anilines is 3. The van der Waals surface area contributed by atoms with Gasteiger partial charge in [0.15, 0.2) is 11.5 Å². The second kappa shape index (κ2) is 8.97. The number of ether oxygens (including phenoxy) is 1. The van der Waals surface area contributed by atoms with Crippen LogP contribution in [0.1, 0.15) is 23.3 Å². The Kier molecular flexibility index (Phi) is 5.94. The lowest BCUT2D eigenvalue weighted by molar-refractivity contribution is 0.102. The number of nitrogens with two attached hydrogens (primary N) is 2. The Hall–Kier alpha value is -3.72. The smallest absolute Gasteiger partial charge is 0.278 e. The maximum atomic E-state index is 13.0. The Morgan fingerprint density at radius 2 is 2.03 bits per heavy atom. The zero-order valence-corrected chi connectivity index (χ0v) is 17.3. The lowest BCUT2D eigenvalue weighted by Gasteiger charge is -2.33. The van der Waals surface area contributed by atoms with Crippen molar-refractivity contribution in [2.45, 2.75) is 18.9 Å². The predicted octanol–water partition coefficient (Wildman–Crippen LogP) is 2.31. The molecular weight excluding hydrogens is 394 g/mol. The monoisotopic (exact) mass is 419 g/mol. The quantitative estimate of drug-likeness (QED) is 0.574. The van der Waals surface area contributed by atoms with Crippen LogP contribution in [0, 0.1) is 0 Å². The third-order valence-electron chi connectivity index (χ3n) is 5.25. The Balaban J connectivity index is 1.59. The molecule has 3 aromatic rings. The molecule has 0 radical (unpaired) electrons. The zero-order chi connectivity index (χ0) is 21.8. The number of pyridine rings is 1. The second-order valence-corrected chi connectivity index (χ2v) is 7.41. The van der Waals surface area contributed by atoms with Crippen molar-refractivity contribution in [1.82, 2.24) is 15.0 Å². The van der Waals surface area contributed by atoms with E-state index in [-0.39, 0.29) is 17.6 Å². The fourth-order valence-corrected chi connectivity index (χ4v) is 3.64. The van der Waals surface area contributed by atoms with Crippen molar-refractivity contribution in [1.29, 1.82) is 0 Å². The first-order chi connectivity index (χ1) is 15.0. The number of benzene rings is 1. The Labute approximate surface area is 180 Å². The highest BCUT2D eigenvalue weighted by Crippen LogP contribution is 2.28. The van der Waals surface area contributed by atoms with E-state index in [1.54, 1.807) is 25.7 Å². The summed E-state index contributed by atoms with van der Waals surface area (Å²) >= 11 is 0. The summed E-state index contributed by atoms with van der Waals surface area (Å²) in [4.78, 5) is 28.0. The normalized spacial score (nSPS) is 16.1. The van der Waals surface area contributed by atoms with Gasteiger partial charge in [-0.05, 0) is 43.2 Å². The van der Waals surface area contributed by atoms with E-state index in [1.807, 2.05) is 30.3 Å². The molecule has 9 heteroatoms. The first-order valence-corrected chi connectivity index (χ1v) is 10.1. The summed E-state index contributed by atoms with van der Waals surface area (Å²) in [6.45, 7) is 1.59. The van der Waals surface area contributed by atoms with Crippen molar-refractivity contribution in [3.63, 3.8) is 0 Å². The van der Waals surface area contributed by atoms with Crippen LogP contribution < -0.4 is 26.4 Å². The molecule has 160 valence electrons. The fourth-order valence-electron chi connectivity index (χ4n) is 3.64. The van der Waals surface area contributed by atoms with Crippen LogP contribution in [-0.4, -0.2) is 47.1 Å². The second-order valence-electron chi connectivity index (χ2n) is 7.41. The highest BCUT2D eigenvalue weighted by molar-refractivity contribution is 6.07. The van der Waals surface area contributed by atoms with E-state index in [9.17, 15) is 4.79 Å². The number of nitrogen functional groups attached to an aromatic ring is 1. The summed E-state index contributed by atoms with van der Waals surface area (Å²) in [6, 6.07) is 9.31. The van der Waals surface area contributed by atoms with Gasteiger partial charge in [0.1, 0.15) is 5.75 Å². The molecule has 4 rings (SSSR count). The van der Waals surface area contributed by atoms with Gasteiger partial charge in [-0.3, -0.25) is 9.78 Å². The molecule has 3 heterocycles. The van der Waals surface area contributed by atoms with Crippen molar-refractivity contribution in [3.05, 3.63) is 54.6 Å². The molecule has 1 saturated heterocycles. The zero-order valence-electron chi connectivity index (χ0n) is 17.3. The molecule has 0 bridgehead atoms. The summed E-state index contributed by atoms with van der Waals surface area (Å²) in [6.07, 6.45) is 6.85. The minimum absolute atomic E-state index is 0.0541. The van der Waals surface area contributed by atoms with Crippen LogP contribution in [0.4, 0.5) is 17.2 Å². The van der Waals surface area contributed by atoms with E-state index in [0.717, 1.165) is 42.9 Å². The van der Waals surface area contributed by atoms with Crippen LogP contribution >= 0.6 is 0 Å². The Bertz CT molecular complexity index is 1070. The van der Waals surface area contributed by atoms with Crippen LogP contribution in [0.5, 0.6) is 5.75 Å². The SMILES string of the molecule is COc1ccc(-c2cnc(N)c(C(=O)Nc3cnccc3N3CCCC(N)C3)n2)cc1. The topological polar surface area (TPSA) is 132 Å². The number of amides is 1. The van der Waals surface area contributed by atoms with Gasteiger partial charge in [-0.15, -0.1) is 0 Å². The van der Waals surface area contributed by atoms with E-state index in [4.69, 9.17) is 16.2 Å². The molecular formula is C22H25N7O2. The molecule has 1 aromatic carbocycles. The van der Waals surface area contributed by atoms with Gasteiger partial charge in [-0.1, -0.05) is 0 Å². The maximum Gasteiger partial charge on any atom is 0.278 e. The van der Waals surface area contributed by atoms with E-state index in [1.165, 1.54) is 0 Å². The average Bonchev–Trinajstić information content (AvgIpc) is 2.80. The molecule has 1 fully saturated rings. The van der Waals surface area contributed by atoms with Gasteiger partial charge in [-0.2, -0.15) is 0 Å². The first kappa shape index (κ1) is 20.5. The summed E-state index contributed by atoms with van der Waals surface area (Å²) in [7, 11) is 1.60.